The number of carboxylic acids is 1. The molecule has 11 heteroatoms. The summed E-state index contributed by atoms with van der Waals surface area (Å²) in [6.45, 7) is 5.45. The monoisotopic (exact) mass is 446 g/mol. The maximum absolute atomic E-state index is 12.7. The van der Waals surface area contributed by atoms with Gasteiger partial charge in [-0.15, -0.1) is 0 Å². The molecule has 0 atom stereocenters. The van der Waals surface area contributed by atoms with E-state index in [9.17, 15) is 14.4 Å². The number of imidazole rings is 1. The Labute approximate surface area is 184 Å². The summed E-state index contributed by atoms with van der Waals surface area (Å²) in [7, 11) is 0. The molecule has 2 heterocycles. The lowest BCUT2D eigenvalue weighted by molar-refractivity contribution is -0.139. The smallest absolute Gasteiger partial charge is 0.341 e. The molecule has 0 aliphatic rings. The quantitative estimate of drug-likeness (QED) is 0.373. The molecule has 6 N–H and O–H groups in total. The number of carboxylic acid groups (broad SMARTS) is 1. The second-order valence-electron chi connectivity index (χ2n) is 6.96. The first-order valence-electron chi connectivity index (χ1n) is 10.5. The number of H-pyrrole nitrogens is 1. The van der Waals surface area contributed by atoms with E-state index in [0.29, 0.717) is 60.9 Å². The molecule has 3 rings (SSSR count). The molecular weight excluding hydrogens is 416 g/mol. The van der Waals surface area contributed by atoms with Crippen LogP contribution in [0.3, 0.4) is 0 Å². The Morgan fingerprint density at radius 2 is 1.66 bits per heavy atom. The Balaban J connectivity index is 0.000000837. The molecule has 11 nitrogen and oxygen atoms in total. The van der Waals surface area contributed by atoms with E-state index < -0.39 is 12.6 Å². The zero-order valence-corrected chi connectivity index (χ0v) is 18.3. The Kier molecular flexibility index (Phi) is 9.17. The number of nitrogens with two attached hydrogens (primary N) is 2. The van der Waals surface area contributed by atoms with Gasteiger partial charge in [0, 0.05) is 31.7 Å². The van der Waals surface area contributed by atoms with Gasteiger partial charge in [-0.3, -0.25) is 13.9 Å². The molecule has 32 heavy (non-hydrogen) atoms. The number of aromatic amines is 1. The van der Waals surface area contributed by atoms with Crippen LogP contribution in [0.5, 0.6) is 5.75 Å². The van der Waals surface area contributed by atoms with E-state index in [1.165, 1.54) is 9.13 Å². The Hall–Kier alpha value is -3.44. The van der Waals surface area contributed by atoms with Crippen molar-refractivity contribution in [1.29, 1.82) is 0 Å². The average Bonchev–Trinajstić information content (AvgIpc) is 3.24. The number of nitrogens with zero attached hydrogens (tertiary/aromatic N) is 3. The van der Waals surface area contributed by atoms with Gasteiger partial charge in [-0.25, -0.2) is 14.6 Å². The van der Waals surface area contributed by atoms with E-state index in [0.717, 1.165) is 6.42 Å². The number of aryl methyl sites for hydroxylation is 1. The predicted molar refractivity (Wildman–Crippen MR) is 122 cm³/mol. The van der Waals surface area contributed by atoms with Crippen molar-refractivity contribution >= 4 is 17.1 Å². The average molecular weight is 447 g/mol. The van der Waals surface area contributed by atoms with Gasteiger partial charge in [0.1, 0.15) is 17.1 Å². The van der Waals surface area contributed by atoms with Crippen LogP contribution >= 0.6 is 0 Å². The number of fused-ring (bicyclic) bond motifs is 1. The van der Waals surface area contributed by atoms with E-state index in [4.69, 9.17) is 21.3 Å². The molecule has 2 aromatic heterocycles. The Morgan fingerprint density at radius 1 is 1.06 bits per heavy atom. The van der Waals surface area contributed by atoms with Crippen LogP contribution in [-0.2, 0) is 17.9 Å². The molecular formula is C21H30N6O5. The number of hydrogen-bond acceptors (Lipinski definition) is 7. The molecule has 0 spiro atoms. The van der Waals surface area contributed by atoms with Gasteiger partial charge in [-0.1, -0.05) is 13.8 Å². The molecule has 0 aliphatic heterocycles. The molecule has 0 radical (unpaired) electrons. The van der Waals surface area contributed by atoms with E-state index in [1.807, 2.05) is 13.8 Å². The Bertz CT molecular complexity index is 1140. The van der Waals surface area contributed by atoms with Crippen molar-refractivity contribution in [2.45, 2.75) is 39.8 Å². The van der Waals surface area contributed by atoms with Gasteiger partial charge in [0.15, 0.2) is 12.3 Å². The van der Waals surface area contributed by atoms with Gasteiger partial charge in [0.25, 0.3) is 5.56 Å². The van der Waals surface area contributed by atoms with Crippen LogP contribution in [0, 0.1) is 0 Å². The van der Waals surface area contributed by atoms with Crippen LogP contribution in [0.1, 0.15) is 26.7 Å². The summed E-state index contributed by atoms with van der Waals surface area (Å²) >= 11 is 0. The largest absolute Gasteiger partial charge is 0.482 e. The number of carbonyl (C=O) groups is 1. The number of aliphatic carboxylic acids is 1. The number of rotatable bonds is 9. The number of hydrogen-bond donors (Lipinski definition) is 4. The summed E-state index contributed by atoms with van der Waals surface area (Å²) in [5.74, 6) is -0.190. The molecule has 1 aromatic carbocycles. The first-order valence-corrected chi connectivity index (χ1v) is 10.5. The molecule has 0 saturated carbocycles. The van der Waals surface area contributed by atoms with Crippen molar-refractivity contribution in [3.63, 3.8) is 0 Å². The number of aromatic nitrogens is 4. The van der Waals surface area contributed by atoms with Crippen LogP contribution in [0.25, 0.3) is 22.6 Å². The van der Waals surface area contributed by atoms with Crippen LogP contribution in [0.15, 0.2) is 33.9 Å². The molecule has 174 valence electrons. The molecule has 0 bridgehead atoms. The number of benzene rings is 1. The minimum Gasteiger partial charge on any atom is -0.482 e. The van der Waals surface area contributed by atoms with Crippen LogP contribution in [0.4, 0.5) is 0 Å². The summed E-state index contributed by atoms with van der Waals surface area (Å²) in [5, 5.41) is 8.67. The first-order chi connectivity index (χ1) is 15.4. The molecule has 0 fully saturated rings. The van der Waals surface area contributed by atoms with Crippen molar-refractivity contribution in [1.82, 2.24) is 19.1 Å². The number of nitrogens with one attached hydrogen (secondary N) is 1. The van der Waals surface area contributed by atoms with Crippen molar-refractivity contribution < 1.29 is 14.6 Å². The summed E-state index contributed by atoms with van der Waals surface area (Å²) < 4.78 is 7.88. The third kappa shape index (κ3) is 5.83. The standard InChI is InChI=1S/C19H22N4O5.C2H8N2/c1-3-9-22-17-15(18(26)23(10-4-2)19(22)27)20-16(21-17)12-5-7-13(8-6-12)28-11-14(24)25;3-1-2-4/h5-8H,3-4,9-11H2,1-2H3,(H,20,21)(H,24,25);1-4H2. The van der Waals surface area contributed by atoms with Crippen molar-refractivity contribution in [2.75, 3.05) is 19.7 Å². The predicted octanol–water partition coefficient (Wildman–Crippen LogP) is 0.741. The SMILES string of the molecule is CCCn1c(=O)c2[nH]c(-c3ccc(OCC(=O)O)cc3)nc2n(CCC)c1=O.NCCN. The zero-order valence-electron chi connectivity index (χ0n) is 18.3. The van der Waals surface area contributed by atoms with Crippen LogP contribution < -0.4 is 27.5 Å². The second-order valence-corrected chi connectivity index (χ2v) is 6.96. The van der Waals surface area contributed by atoms with Crippen molar-refractivity contribution in [2.24, 2.45) is 11.5 Å². The molecule has 0 aliphatic carbocycles. The van der Waals surface area contributed by atoms with Crippen molar-refractivity contribution in [3.05, 3.63) is 45.1 Å². The van der Waals surface area contributed by atoms with E-state index in [-0.39, 0.29) is 11.2 Å². The topological polar surface area (TPSA) is 171 Å². The molecule has 0 amide bonds. The van der Waals surface area contributed by atoms with E-state index in [1.54, 1.807) is 24.3 Å². The lowest BCUT2D eigenvalue weighted by Gasteiger charge is -2.09. The highest BCUT2D eigenvalue weighted by molar-refractivity contribution is 5.75. The molecule has 0 unspecified atom stereocenters. The summed E-state index contributed by atoms with van der Waals surface area (Å²) in [5.41, 5.74) is 10.4. The zero-order chi connectivity index (χ0) is 23.7. The highest BCUT2D eigenvalue weighted by atomic mass is 16.5. The van der Waals surface area contributed by atoms with Crippen LogP contribution in [-0.4, -0.2) is 49.9 Å². The fraction of sp³-hybridized carbons (Fsp3) is 0.429. The third-order valence-electron chi connectivity index (χ3n) is 4.41. The minimum absolute atomic E-state index is 0.294. The maximum atomic E-state index is 12.7. The third-order valence-corrected chi connectivity index (χ3v) is 4.41. The maximum Gasteiger partial charge on any atom is 0.341 e. The second kappa shape index (κ2) is 11.8. The van der Waals surface area contributed by atoms with E-state index >= 15 is 0 Å². The van der Waals surface area contributed by atoms with Gasteiger partial charge >= 0.3 is 11.7 Å². The lowest BCUT2D eigenvalue weighted by atomic mass is 10.2. The van der Waals surface area contributed by atoms with Gasteiger partial charge in [0.05, 0.1) is 0 Å². The summed E-state index contributed by atoms with van der Waals surface area (Å²) in [6.07, 6.45) is 1.41. The number of ether oxygens (including phenoxy) is 1. The minimum atomic E-state index is -1.06. The highest BCUT2D eigenvalue weighted by Crippen LogP contribution is 2.21. The normalized spacial score (nSPS) is 10.6. The lowest BCUT2D eigenvalue weighted by Crippen LogP contribution is -2.40. The summed E-state index contributed by atoms with van der Waals surface area (Å²) in [6, 6.07) is 6.67. The molecule has 0 saturated heterocycles. The van der Waals surface area contributed by atoms with Gasteiger partial charge in [-0.05, 0) is 37.1 Å². The first kappa shape index (κ1) is 24.8. The van der Waals surface area contributed by atoms with Gasteiger partial charge < -0.3 is 26.3 Å². The van der Waals surface area contributed by atoms with Crippen molar-refractivity contribution in [3.8, 4) is 17.1 Å². The summed E-state index contributed by atoms with van der Waals surface area (Å²) in [4.78, 5) is 43.6. The van der Waals surface area contributed by atoms with Gasteiger partial charge in [0.2, 0.25) is 0 Å². The fourth-order valence-electron chi connectivity index (χ4n) is 3.00. The van der Waals surface area contributed by atoms with Gasteiger partial charge in [-0.2, -0.15) is 0 Å². The highest BCUT2D eigenvalue weighted by Gasteiger charge is 2.17. The van der Waals surface area contributed by atoms with E-state index in [2.05, 4.69) is 9.97 Å². The fourth-order valence-corrected chi connectivity index (χ4v) is 3.00. The van der Waals surface area contributed by atoms with Crippen LogP contribution in [0.2, 0.25) is 0 Å². The Morgan fingerprint density at radius 3 is 2.19 bits per heavy atom. The molecule has 3 aromatic rings.